The molecular formula is C9H21N3O. The molecule has 0 aliphatic rings. The summed E-state index contributed by atoms with van der Waals surface area (Å²) < 4.78 is 0. The third-order valence-electron chi connectivity index (χ3n) is 1.72. The van der Waals surface area contributed by atoms with Crippen molar-refractivity contribution in [1.29, 1.82) is 0 Å². The monoisotopic (exact) mass is 187 g/mol. The van der Waals surface area contributed by atoms with Gasteiger partial charge in [0.05, 0.1) is 0 Å². The van der Waals surface area contributed by atoms with Gasteiger partial charge in [0.15, 0.2) is 0 Å². The molecule has 4 nitrogen and oxygen atoms in total. The molecule has 0 spiro atoms. The van der Waals surface area contributed by atoms with Crippen molar-refractivity contribution in [2.24, 2.45) is 0 Å². The molecule has 0 aliphatic heterocycles. The van der Waals surface area contributed by atoms with Crippen molar-refractivity contribution >= 4 is 6.03 Å². The third-order valence-corrected chi connectivity index (χ3v) is 1.72. The predicted octanol–water partition coefficient (Wildman–Crippen LogP) is 0.646. The van der Waals surface area contributed by atoms with Crippen LogP contribution in [0.2, 0.25) is 0 Å². The van der Waals surface area contributed by atoms with E-state index >= 15 is 0 Å². The Balaban J connectivity index is 3.49. The number of hydrogen-bond donors (Lipinski definition) is 2. The zero-order valence-electron chi connectivity index (χ0n) is 9.05. The Hall–Kier alpha value is -0.770. The average Bonchev–Trinajstić information content (AvgIpc) is 2.01. The van der Waals surface area contributed by atoms with Gasteiger partial charge >= 0.3 is 6.03 Å². The van der Waals surface area contributed by atoms with Crippen LogP contribution in [0.1, 0.15) is 20.3 Å². The number of nitrogens with one attached hydrogen (secondary N) is 2. The van der Waals surface area contributed by atoms with E-state index in [2.05, 4.69) is 15.5 Å². The van der Waals surface area contributed by atoms with Crippen LogP contribution in [0.15, 0.2) is 0 Å². The summed E-state index contributed by atoms with van der Waals surface area (Å²) in [5, 5.41) is 5.56. The van der Waals surface area contributed by atoms with Crippen molar-refractivity contribution in [3.05, 3.63) is 0 Å². The molecule has 13 heavy (non-hydrogen) atoms. The van der Waals surface area contributed by atoms with Gasteiger partial charge in [-0.25, -0.2) is 4.79 Å². The zero-order chi connectivity index (χ0) is 10.3. The van der Waals surface area contributed by atoms with Crippen LogP contribution in [0.25, 0.3) is 0 Å². The normalized spacial score (nSPS) is 12.7. The van der Waals surface area contributed by atoms with E-state index in [1.54, 1.807) is 0 Å². The fourth-order valence-corrected chi connectivity index (χ4v) is 0.959. The second-order valence-electron chi connectivity index (χ2n) is 3.50. The molecule has 0 saturated carbocycles. The highest BCUT2D eigenvalue weighted by Crippen LogP contribution is 1.91. The Morgan fingerprint density at radius 2 is 2.08 bits per heavy atom. The molecule has 78 valence electrons. The Morgan fingerprint density at radius 3 is 2.54 bits per heavy atom. The maximum Gasteiger partial charge on any atom is 0.314 e. The van der Waals surface area contributed by atoms with E-state index in [-0.39, 0.29) is 12.1 Å². The molecule has 0 radical (unpaired) electrons. The minimum Gasteiger partial charge on any atom is -0.338 e. The van der Waals surface area contributed by atoms with Gasteiger partial charge in [-0.05, 0) is 40.9 Å². The van der Waals surface area contributed by atoms with Crippen molar-refractivity contribution in [2.45, 2.75) is 26.3 Å². The van der Waals surface area contributed by atoms with Crippen LogP contribution in [0.4, 0.5) is 4.79 Å². The first-order valence-corrected chi connectivity index (χ1v) is 4.75. The Kier molecular flexibility index (Phi) is 6.32. The van der Waals surface area contributed by atoms with Crippen LogP contribution in [-0.2, 0) is 0 Å². The first-order valence-electron chi connectivity index (χ1n) is 4.75. The topological polar surface area (TPSA) is 44.4 Å². The van der Waals surface area contributed by atoms with Gasteiger partial charge < -0.3 is 15.5 Å². The van der Waals surface area contributed by atoms with Gasteiger partial charge in [0.2, 0.25) is 0 Å². The van der Waals surface area contributed by atoms with E-state index in [0.717, 1.165) is 13.0 Å². The highest BCUT2D eigenvalue weighted by atomic mass is 16.2. The summed E-state index contributed by atoms with van der Waals surface area (Å²) in [5.41, 5.74) is 0. The SMILES string of the molecule is CCNC(=O)NC(C)CCN(C)C. The number of rotatable bonds is 5. The summed E-state index contributed by atoms with van der Waals surface area (Å²) >= 11 is 0. The van der Waals surface area contributed by atoms with Gasteiger partial charge in [0, 0.05) is 12.6 Å². The number of hydrogen-bond acceptors (Lipinski definition) is 2. The fraction of sp³-hybridized carbons (Fsp3) is 0.889. The molecule has 1 unspecified atom stereocenters. The van der Waals surface area contributed by atoms with Crippen molar-refractivity contribution in [3.63, 3.8) is 0 Å². The van der Waals surface area contributed by atoms with Crippen LogP contribution in [0.5, 0.6) is 0 Å². The Labute approximate surface area is 80.7 Å². The van der Waals surface area contributed by atoms with Crippen LogP contribution in [-0.4, -0.2) is 44.2 Å². The van der Waals surface area contributed by atoms with E-state index in [9.17, 15) is 4.79 Å². The zero-order valence-corrected chi connectivity index (χ0v) is 9.05. The lowest BCUT2D eigenvalue weighted by Gasteiger charge is -2.16. The Bertz CT molecular complexity index is 148. The molecule has 0 heterocycles. The molecule has 0 saturated heterocycles. The summed E-state index contributed by atoms with van der Waals surface area (Å²) in [7, 11) is 4.05. The average molecular weight is 187 g/mol. The predicted molar refractivity (Wildman–Crippen MR) is 54.8 cm³/mol. The second kappa shape index (κ2) is 6.71. The molecule has 2 N–H and O–H groups in total. The maximum absolute atomic E-state index is 11.1. The number of nitrogens with zero attached hydrogens (tertiary/aromatic N) is 1. The first-order chi connectivity index (χ1) is 6.06. The van der Waals surface area contributed by atoms with Crippen molar-refractivity contribution < 1.29 is 4.79 Å². The summed E-state index contributed by atoms with van der Waals surface area (Å²) in [5.74, 6) is 0. The molecule has 2 amide bonds. The highest BCUT2D eigenvalue weighted by Gasteiger charge is 2.05. The van der Waals surface area contributed by atoms with Crippen molar-refractivity contribution in [3.8, 4) is 0 Å². The molecule has 0 aromatic carbocycles. The minimum absolute atomic E-state index is 0.0752. The molecule has 0 aliphatic carbocycles. The van der Waals surface area contributed by atoms with Gasteiger partial charge in [-0.2, -0.15) is 0 Å². The molecule has 0 aromatic rings. The van der Waals surface area contributed by atoms with Gasteiger partial charge in [0.25, 0.3) is 0 Å². The molecule has 1 atom stereocenters. The quantitative estimate of drug-likeness (QED) is 0.663. The van der Waals surface area contributed by atoms with Crippen LogP contribution in [0.3, 0.4) is 0 Å². The molecule has 0 bridgehead atoms. The summed E-state index contributed by atoms with van der Waals surface area (Å²) in [6.07, 6.45) is 0.976. The minimum atomic E-state index is -0.0752. The molecular weight excluding hydrogens is 166 g/mol. The molecule has 0 aromatic heterocycles. The standard InChI is InChI=1S/C9H21N3O/c1-5-10-9(13)11-8(2)6-7-12(3)4/h8H,5-7H2,1-4H3,(H2,10,11,13). The lowest BCUT2D eigenvalue weighted by atomic mass is 10.2. The largest absolute Gasteiger partial charge is 0.338 e. The van der Waals surface area contributed by atoms with E-state index in [0.29, 0.717) is 6.54 Å². The fourth-order valence-electron chi connectivity index (χ4n) is 0.959. The summed E-state index contributed by atoms with van der Waals surface area (Å²) in [6.45, 7) is 5.59. The van der Waals surface area contributed by atoms with E-state index in [1.165, 1.54) is 0 Å². The second-order valence-corrected chi connectivity index (χ2v) is 3.50. The molecule has 0 fully saturated rings. The number of amides is 2. The van der Waals surface area contributed by atoms with E-state index in [1.807, 2.05) is 27.9 Å². The van der Waals surface area contributed by atoms with Gasteiger partial charge in [-0.3, -0.25) is 0 Å². The van der Waals surface area contributed by atoms with Crippen LogP contribution >= 0.6 is 0 Å². The highest BCUT2D eigenvalue weighted by molar-refractivity contribution is 5.73. The maximum atomic E-state index is 11.1. The molecule has 0 rings (SSSR count). The van der Waals surface area contributed by atoms with Gasteiger partial charge in [-0.1, -0.05) is 0 Å². The van der Waals surface area contributed by atoms with E-state index < -0.39 is 0 Å². The number of carbonyl (C=O) groups is 1. The lowest BCUT2D eigenvalue weighted by molar-refractivity contribution is 0.236. The number of carbonyl (C=O) groups excluding carboxylic acids is 1. The summed E-state index contributed by atoms with van der Waals surface area (Å²) in [6, 6.07) is 0.155. The van der Waals surface area contributed by atoms with Gasteiger partial charge in [0.1, 0.15) is 0 Å². The Morgan fingerprint density at radius 1 is 1.46 bits per heavy atom. The first kappa shape index (κ1) is 12.2. The lowest BCUT2D eigenvalue weighted by Crippen LogP contribution is -2.41. The number of urea groups is 1. The summed E-state index contributed by atoms with van der Waals surface area (Å²) in [4.78, 5) is 13.2. The third kappa shape index (κ3) is 7.59. The van der Waals surface area contributed by atoms with Crippen molar-refractivity contribution in [2.75, 3.05) is 27.2 Å². The van der Waals surface area contributed by atoms with E-state index in [4.69, 9.17) is 0 Å². The van der Waals surface area contributed by atoms with Gasteiger partial charge in [-0.15, -0.1) is 0 Å². The van der Waals surface area contributed by atoms with Crippen LogP contribution < -0.4 is 10.6 Å². The van der Waals surface area contributed by atoms with Crippen molar-refractivity contribution in [1.82, 2.24) is 15.5 Å². The smallest absolute Gasteiger partial charge is 0.314 e. The molecule has 4 heteroatoms. The van der Waals surface area contributed by atoms with Crippen LogP contribution in [0, 0.1) is 0 Å².